The number of rotatable bonds is 8. The first-order valence-electron chi connectivity index (χ1n) is 16.0. The van der Waals surface area contributed by atoms with Crippen LogP contribution in [-0.2, 0) is 9.47 Å². The van der Waals surface area contributed by atoms with E-state index in [1.54, 1.807) is 7.11 Å². The molecule has 4 atom stereocenters. The molecule has 6 aromatic rings. The Morgan fingerprint density at radius 1 is 0.938 bits per heavy atom. The van der Waals surface area contributed by atoms with Gasteiger partial charge in [0.15, 0.2) is 11.6 Å². The average Bonchev–Trinajstić information content (AvgIpc) is 3.77. The van der Waals surface area contributed by atoms with E-state index in [-0.39, 0.29) is 24.2 Å². The van der Waals surface area contributed by atoms with Crippen molar-refractivity contribution in [1.29, 1.82) is 0 Å². The van der Waals surface area contributed by atoms with E-state index in [2.05, 4.69) is 14.5 Å². The van der Waals surface area contributed by atoms with Crippen LogP contribution in [0.5, 0.6) is 11.6 Å². The molecule has 0 spiro atoms. The summed E-state index contributed by atoms with van der Waals surface area (Å²) in [5, 5.41) is 2.24. The third kappa shape index (κ3) is 5.68. The second kappa shape index (κ2) is 12.3. The summed E-state index contributed by atoms with van der Waals surface area (Å²) < 4.78 is 27.0. The Hall–Kier alpha value is -4.83. The molecule has 1 saturated heterocycles. The van der Waals surface area contributed by atoms with Gasteiger partial charge in [0.25, 0.3) is 0 Å². The van der Waals surface area contributed by atoms with Gasteiger partial charge in [0.05, 0.1) is 47.5 Å². The zero-order chi connectivity index (χ0) is 32.8. The summed E-state index contributed by atoms with van der Waals surface area (Å²) in [6, 6.07) is 29.9. The molecule has 0 bridgehead atoms. The van der Waals surface area contributed by atoms with Gasteiger partial charge in [0, 0.05) is 34.7 Å². The number of fused-ring (bicyclic) bond motifs is 3. The van der Waals surface area contributed by atoms with Crippen LogP contribution in [0, 0.1) is 5.92 Å². The van der Waals surface area contributed by atoms with E-state index in [0.717, 1.165) is 45.2 Å². The van der Waals surface area contributed by atoms with Crippen molar-refractivity contribution in [1.82, 2.24) is 19.5 Å². The number of ether oxygens (including phenoxy) is 4. The van der Waals surface area contributed by atoms with E-state index in [1.165, 1.54) is 6.33 Å². The standard InChI is InChI=1S/C38H34ClN5O4/c1-38(2)47-33-26(19-31(34(33)48-38)44-17-16-28-36(44)40-22-41-37(28)45-3)21-46-27-15-14-25-18-29(39)35(42-30(25)20-27)43-32(23-10-6-4-7-11-23)24-12-8-5-9-13-24/h4-18,20,22,26,31,33-34H,19,21H2,1-3H3/t26-,31?,33-,34+/m1/s1. The number of hydrogen-bond acceptors (Lipinski definition) is 8. The van der Waals surface area contributed by atoms with Crippen molar-refractivity contribution < 1.29 is 18.9 Å². The Bertz CT molecular complexity index is 2090. The molecule has 0 N–H and O–H groups in total. The van der Waals surface area contributed by atoms with Crippen molar-refractivity contribution in [3.05, 3.63) is 120 Å². The molecule has 48 heavy (non-hydrogen) atoms. The van der Waals surface area contributed by atoms with Gasteiger partial charge >= 0.3 is 0 Å². The Labute approximate surface area is 283 Å². The maximum absolute atomic E-state index is 6.75. The Morgan fingerprint density at radius 3 is 2.40 bits per heavy atom. The third-order valence-electron chi connectivity index (χ3n) is 9.08. The molecular formula is C38H34ClN5O4. The number of aliphatic imine (C=N–C) groups is 1. The van der Waals surface area contributed by atoms with Gasteiger partial charge in [-0.2, -0.15) is 0 Å². The fourth-order valence-electron chi connectivity index (χ4n) is 6.95. The van der Waals surface area contributed by atoms with Crippen LogP contribution in [0.15, 0.2) is 109 Å². The van der Waals surface area contributed by atoms with Gasteiger partial charge in [0.2, 0.25) is 5.88 Å². The molecule has 2 aliphatic rings. The van der Waals surface area contributed by atoms with Gasteiger partial charge in [-0.25, -0.2) is 19.9 Å². The summed E-state index contributed by atoms with van der Waals surface area (Å²) in [7, 11) is 1.62. The van der Waals surface area contributed by atoms with Crippen molar-refractivity contribution in [2.24, 2.45) is 10.9 Å². The van der Waals surface area contributed by atoms with E-state index in [9.17, 15) is 0 Å². The first-order chi connectivity index (χ1) is 23.4. The summed E-state index contributed by atoms with van der Waals surface area (Å²) in [6.45, 7) is 4.37. The van der Waals surface area contributed by atoms with E-state index in [1.807, 2.05) is 111 Å². The van der Waals surface area contributed by atoms with Crippen LogP contribution >= 0.6 is 11.6 Å². The van der Waals surface area contributed by atoms with Crippen LogP contribution in [-0.4, -0.2) is 56.9 Å². The van der Waals surface area contributed by atoms with Gasteiger partial charge in [-0.15, -0.1) is 0 Å². The maximum atomic E-state index is 6.75. The minimum atomic E-state index is -0.705. The number of aromatic nitrogens is 4. The lowest BCUT2D eigenvalue weighted by Gasteiger charge is -2.24. The molecule has 2 fully saturated rings. The van der Waals surface area contributed by atoms with Crippen molar-refractivity contribution in [3.8, 4) is 11.6 Å². The van der Waals surface area contributed by atoms with Gasteiger partial charge in [0.1, 0.15) is 23.8 Å². The topological polar surface area (TPSA) is 92.9 Å². The molecule has 8 rings (SSSR count). The van der Waals surface area contributed by atoms with Crippen LogP contribution in [0.3, 0.4) is 0 Å². The zero-order valence-electron chi connectivity index (χ0n) is 26.8. The minimum absolute atomic E-state index is 0.00624. The van der Waals surface area contributed by atoms with E-state index in [4.69, 9.17) is 40.5 Å². The van der Waals surface area contributed by atoms with Gasteiger partial charge in [-0.05, 0) is 44.5 Å². The summed E-state index contributed by atoms with van der Waals surface area (Å²) >= 11 is 6.75. The molecule has 1 aliphatic carbocycles. The Morgan fingerprint density at radius 2 is 1.67 bits per heavy atom. The fourth-order valence-corrected chi connectivity index (χ4v) is 7.15. The second-order valence-electron chi connectivity index (χ2n) is 12.6. The molecule has 4 heterocycles. The van der Waals surface area contributed by atoms with Crippen molar-refractivity contribution in [3.63, 3.8) is 0 Å². The van der Waals surface area contributed by atoms with Crippen molar-refractivity contribution >= 4 is 45.1 Å². The SMILES string of the molecule is COc1ncnc2c1ccn2C1C[C@H](COc2ccc3cc(Cl)c(N=C(c4ccccc4)c4ccccc4)nc3c2)[C@H]2OC(C)(C)O[C@@H]12. The van der Waals surface area contributed by atoms with Crippen molar-refractivity contribution in [2.45, 2.75) is 44.3 Å². The summed E-state index contributed by atoms with van der Waals surface area (Å²) in [5.74, 6) is 1.08. The van der Waals surface area contributed by atoms with Crippen LogP contribution in [0.25, 0.3) is 21.9 Å². The number of methoxy groups -OCH3 is 1. The fraction of sp³-hybridized carbons (Fsp3) is 0.263. The number of pyridine rings is 1. The predicted octanol–water partition coefficient (Wildman–Crippen LogP) is 7.97. The molecule has 0 radical (unpaired) electrons. The summed E-state index contributed by atoms with van der Waals surface area (Å²) in [6.07, 6.45) is 4.06. The van der Waals surface area contributed by atoms with Crippen LogP contribution < -0.4 is 9.47 Å². The molecule has 3 aromatic heterocycles. The van der Waals surface area contributed by atoms with Crippen molar-refractivity contribution in [2.75, 3.05) is 13.7 Å². The number of nitrogens with zero attached hydrogens (tertiary/aromatic N) is 5. The van der Waals surface area contributed by atoms with Gasteiger partial charge < -0.3 is 23.5 Å². The largest absolute Gasteiger partial charge is 0.493 e. The highest BCUT2D eigenvalue weighted by Crippen LogP contribution is 2.48. The smallest absolute Gasteiger partial charge is 0.225 e. The van der Waals surface area contributed by atoms with E-state index >= 15 is 0 Å². The minimum Gasteiger partial charge on any atom is -0.493 e. The average molecular weight is 660 g/mol. The molecule has 1 unspecified atom stereocenters. The van der Waals surface area contributed by atoms with Gasteiger partial charge in [-0.3, -0.25) is 0 Å². The molecule has 1 saturated carbocycles. The highest BCUT2D eigenvalue weighted by molar-refractivity contribution is 6.33. The number of benzene rings is 3. The lowest BCUT2D eigenvalue weighted by atomic mass is 10.0. The summed E-state index contributed by atoms with van der Waals surface area (Å²) in [5.41, 5.74) is 4.30. The molecule has 242 valence electrons. The van der Waals surface area contributed by atoms with E-state index < -0.39 is 5.79 Å². The first kappa shape index (κ1) is 30.5. The predicted molar refractivity (Wildman–Crippen MR) is 185 cm³/mol. The quantitative estimate of drug-likeness (QED) is 0.153. The molecule has 1 aliphatic heterocycles. The Balaban J connectivity index is 1.07. The van der Waals surface area contributed by atoms with Gasteiger partial charge in [-0.1, -0.05) is 72.3 Å². The molecule has 3 aromatic carbocycles. The van der Waals surface area contributed by atoms with E-state index in [0.29, 0.717) is 29.1 Å². The molecule has 0 amide bonds. The molecule has 9 nitrogen and oxygen atoms in total. The first-order valence-corrected chi connectivity index (χ1v) is 16.4. The monoisotopic (exact) mass is 659 g/mol. The lowest BCUT2D eigenvalue weighted by molar-refractivity contribution is -0.161. The van der Waals surface area contributed by atoms with Crippen LogP contribution in [0.1, 0.15) is 37.4 Å². The lowest BCUT2D eigenvalue weighted by Crippen LogP contribution is -2.29. The molecule has 10 heteroatoms. The summed E-state index contributed by atoms with van der Waals surface area (Å²) in [4.78, 5) is 18.7. The highest BCUT2D eigenvalue weighted by Gasteiger charge is 2.55. The van der Waals surface area contributed by atoms with Crippen LogP contribution in [0.4, 0.5) is 5.82 Å². The number of hydrogen-bond donors (Lipinski definition) is 0. The van der Waals surface area contributed by atoms with Crippen LogP contribution in [0.2, 0.25) is 5.02 Å². The Kier molecular flexibility index (Phi) is 7.83. The zero-order valence-corrected chi connectivity index (χ0v) is 27.5. The molecular weight excluding hydrogens is 626 g/mol. The normalized spacial score (nSPS) is 21.3. The maximum Gasteiger partial charge on any atom is 0.225 e. The third-order valence-corrected chi connectivity index (χ3v) is 9.35. The highest BCUT2D eigenvalue weighted by atomic mass is 35.5. The number of halogens is 1. The second-order valence-corrected chi connectivity index (χ2v) is 13.0.